The summed E-state index contributed by atoms with van der Waals surface area (Å²) in [7, 11) is -3.51. The number of piperidine rings is 1. The van der Waals surface area contributed by atoms with E-state index in [0.29, 0.717) is 5.02 Å². The average molecular weight is 312 g/mol. The number of sulfonamides is 1. The van der Waals surface area contributed by atoms with Gasteiger partial charge in [0.15, 0.2) is 0 Å². The molecule has 0 saturated carbocycles. The number of nitrogens with one attached hydrogen (secondary N) is 2. The van der Waals surface area contributed by atoms with Crippen LogP contribution in [0.1, 0.15) is 12.8 Å². The van der Waals surface area contributed by atoms with Crippen molar-refractivity contribution in [2.24, 2.45) is 0 Å². The fraction of sp³-hybridized carbons (Fsp3) is 0.500. The van der Waals surface area contributed by atoms with Gasteiger partial charge in [0.2, 0.25) is 10.0 Å². The van der Waals surface area contributed by atoms with E-state index in [2.05, 4.69) is 15.0 Å². The summed E-state index contributed by atoms with van der Waals surface area (Å²) in [4.78, 5) is 3.89. The lowest BCUT2D eigenvalue weighted by atomic mass is 10.1. The Bertz CT molecular complexity index is 490. The first-order chi connectivity index (χ1) is 8.08. The molecule has 0 spiro atoms. The highest BCUT2D eigenvalue weighted by atomic mass is 35.5. The standard InChI is InChI=1S/C10H14ClN3O2S.ClH/c11-8-5-10(7-13-6-8)17(15,16)14-9-1-3-12-4-2-9;/h5-7,9,12,14H,1-4H2;1H. The monoisotopic (exact) mass is 311 g/mol. The lowest BCUT2D eigenvalue weighted by molar-refractivity contribution is 0.427. The summed E-state index contributed by atoms with van der Waals surface area (Å²) < 4.78 is 26.7. The second-order valence-corrected chi connectivity index (χ2v) is 6.13. The van der Waals surface area contributed by atoms with E-state index in [1.54, 1.807) is 0 Å². The van der Waals surface area contributed by atoms with Gasteiger partial charge in [-0.05, 0) is 32.0 Å². The summed E-state index contributed by atoms with van der Waals surface area (Å²) in [6.07, 6.45) is 4.31. The van der Waals surface area contributed by atoms with Crippen molar-refractivity contribution in [2.45, 2.75) is 23.8 Å². The van der Waals surface area contributed by atoms with Crippen LogP contribution in [0.25, 0.3) is 0 Å². The quantitative estimate of drug-likeness (QED) is 0.879. The number of nitrogens with zero attached hydrogens (tertiary/aromatic N) is 1. The molecule has 5 nitrogen and oxygen atoms in total. The van der Waals surface area contributed by atoms with E-state index in [1.165, 1.54) is 18.5 Å². The summed E-state index contributed by atoms with van der Waals surface area (Å²) in [6.45, 7) is 1.67. The lowest BCUT2D eigenvalue weighted by Crippen LogP contribution is -2.42. The van der Waals surface area contributed by atoms with Crippen molar-refractivity contribution in [1.29, 1.82) is 0 Å². The fourth-order valence-corrected chi connectivity index (χ4v) is 3.30. The Morgan fingerprint density at radius 3 is 2.61 bits per heavy atom. The molecule has 1 aromatic rings. The van der Waals surface area contributed by atoms with Gasteiger partial charge in [0, 0.05) is 18.4 Å². The Kier molecular flexibility index (Phi) is 5.81. The van der Waals surface area contributed by atoms with Gasteiger partial charge in [-0.2, -0.15) is 0 Å². The predicted molar refractivity (Wildman–Crippen MR) is 72.7 cm³/mol. The van der Waals surface area contributed by atoms with Gasteiger partial charge in [-0.1, -0.05) is 11.6 Å². The summed E-state index contributed by atoms with van der Waals surface area (Å²) >= 11 is 5.73. The Morgan fingerprint density at radius 2 is 2.00 bits per heavy atom. The lowest BCUT2D eigenvalue weighted by Gasteiger charge is -2.23. The van der Waals surface area contributed by atoms with Crippen molar-refractivity contribution in [3.05, 3.63) is 23.5 Å². The first kappa shape index (κ1) is 15.7. The second kappa shape index (κ2) is 6.68. The van der Waals surface area contributed by atoms with Gasteiger partial charge in [-0.25, -0.2) is 13.1 Å². The maximum absolute atomic E-state index is 12.0. The van der Waals surface area contributed by atoms with Crippen molar-refractivity contribution < 1.29 is 8.42 Å². The van der Waals surface area contributed by atoms with E-state index in [4.69, 9.17) is 11.6 Å². The van der Waals surface area contributed by atoms with Crippen molar-refractivity contribution in [2.75, 3.05) is 13.1 Å². The van der Waals surface area contributed by atoms with Crippen LogP contribution in [0.5, 0.6) is 0 Å². The third kappa shape index (κ3) is 4.07. The van der Waals surface area contributed by atoms with Crippen LogP contribution >= 0.6 is 24.0 Å². The molecule has 0 atom stereocenters. The van der Waals surface area contributed by atoms with Crippen LogP contribution in [0.4, 0.5) is 0 Å². The van der Waals surface area contributed by atoms with Crippen molar-refractivity contribution in [3.8, 4) is 0 Å². The van der Waals surface area contributed by atoms with Gasteiger partial charge in [0.05, 0.1) is 5.02 Å². The number of aromatic nitrogens is 1. The van der Waals surface area contributed by atoms with E-state index in [9.17, 15) is 8.42 Å². The molecule has 1 aliphatic rings. The maximum Gasteiger partial charge on any atom is 0.242 e. The normalized spacial score (nSPS) is 17.2. The molecule has 1 saturated heterocycles. The molecule has 0 aromatic carbocycles. The first-order valence-electron chi connectivity index (χ1n) is 5.41. The number of pyridine rings is 1. The zero-order chi connectivity index (χ0) is 12.3. The molecule has 0 radical (unpaired) electrons. The summed E-state index contributed by atoms with van der Waals surface area (Å²) in [5.41, 5.74) is 0. The smallest absolute Gasteiger partial charge is 0.242 e. The third-order valence-electron chi connectivity index (χ3n) is 2.65. The molecule has 0 unspecified atom stereocenters. The zero-order valence-corrected chi connectivity index (χ0v) is 12.0. The van der Waals surface area contributed by atoms with Crippen molar-refractivity contribution in [3.63, 3.8) is 0 Å². The third-order valence-corrected chi connectivity index (χ3v) is 4.35. The van der Waals surface area contributed by atoms with Gasteiger partial charge in [-0.3, -0.25) is 4.98 Å². The van der Waals surface area contributed by atoms with E-state index >= 15 is 0 Å². The molecule has 1 aromatic heterocycles. The van der Waals surface area contributed by atoms with Crippen LogP contribution in [-0.4, -0.2) is 32.5 Å². The largest absolute Gasteiger partial charge is 0.317 e. The van der Waals surface area contributed by atoms with Crippen LogP contribution in [-0.2, 0) is 10.0 Å². The molecule has 102 valence electrons. The summed E-state index contributed by atoms with van der Waals surface area (Å²) in [6, 6.07) is 1.39. The molecule has 18 heavy (non-hydrogen) atoms. The summed E-state index contributed by atoms with van der Waals surface area (Å²) in [5, 5.41) is 3.50. The molecule has 1 aliphatic heterocycles. The molecule has 2 N–H and O–H groups in total. The van der Waals surface area contributed by atoms with Crippen LogP contribution < -0.4 is 10.0 Å². The number of rotatable bonds is 3. The van der Waals surface area contributed by atoms with E-state index in [-0.39, 0.29) is 23.3 Å². The second-order valence-electron chi connectivity index (χ2n) is 3.98. The molecule has 0 amide bonds. The molecule has 8 heteroatoms. The highest BCUT2D eigenvalue weighted by Gasteiger charge is 2.21. The highest BCUT2D eigenvalue weighted by Crippen LogP contribution is 2.15. The number of halogens is 2. The minimum Gasteiger partial charge on any atom is -0.317 e. The number of hydrogen-bond donors (Lipinski definition) is 2. The van der Waals surface area contributed by atoms with E-state index in [0.717, 1.165) is 25.9 Å². The van der Waals surface area contributed by atoms with Crippen LogP contribution in [0.2, 0.25) is 5.02 Å². The molecule has 2 rings (SSSR count). The first-order valence-corrected chi connectivity index (χ1v) is 7.28. The summed E-state index contributed by atoms with van der Waals surface area (Å²) in [5.74, 6) is 0. The number of hydrogen-bond acceptors (Lipinski definition) is 4. The van der Waals surface area contributed by atoms with Crippen molar-refractivity contribution >= 4 is 34.0 Å². The Morgan fingerprint density at radius 1 is 1.33 bits per heavy atom. The fourth-order valence-electron chi connectivity index (χ4n) is 1.77. The predicted octanol–water partition coefficient (Wildman–Crippen LogP) is 1.19. The van der Waals surface area contributed by atoms with Gasteiger partial charge >= 0.3 is 0 Å². The van der Waals surface area contributed by atoms with Gasteiger partial charge in [0.1, 0.15) is 4.90 Å². The molecular weight excluding hydrogens is 297 g/mol. The Hall–Kier alpha value is -0.400. The maximum atomic E-state index is 12.0. The van der Waals surface area contributed by atoms with Crippen LogP contribution in [0.15, 0.2) is 23.4 Å². The Labute approximate surface area is 118 Å². The zero-order valence-electron chi connectivity index (χ0n) is 9.60. The van der Waals surface area contributed by atoms with Crippen molar-refractivity contribution in [1.82, 2.24) is 15.0 Å². The molecule has 2 heterocycles. The topological polar surface area (TPSA) is 71.1 Å². The van der Waals surface area contributed by atoms with Gasteiger partial charge in [0.25, 0.3) is 0 Å². The highest BCUT2D eigenvalue weighted by molar-refractivity contribution is 7.89. The molecular formula is C10H15Cl2N3O2S. The van der Waals surface area contributed by atoms with Crippen LogP contribution in [0, 0.1) is 0 Å². The van der Waals surface area contributed by atoms with E-state index in [1.807, 2.05) is 0 Å². The molecule has 0 bridgehead atoms. The van der Waals surface area contributed by atoms with Crippen LogP contribution in [0.3, 0.4) is 0 Å². The molecule has 0 aliphatic carbocycles. The minimum absolute atomic E-state index is 0. The Balaban J connectivity index is 0.00000162. The van der Waals surface area contributed by atoms with E-state index < -0.39 is 10.0 Å². The minimum atomic E-state index is -3.51. The molecule has 1 fully saturated rings. The SMILES string of the molecule is Cl.O=S(=O)(NC1CCNCC1)c1cncc(Cl)c1. The van der Waals surface area contributed by atoms with Gasteiger partial charge in [-0.15, -0.1) is 12.4 Å². The van der Waals surface area contributed by atoms with Gasteiger partial charge < -0.3 is 5.32 Å². The average Bonchev–Trinajstić information content (AvgIpc) is 2.30.